The van der Waals surface area contributed by atoms with Crippen LogP contribution in [0.3, 0.4) is 0 Å². The Balaban J connectivity index is 0.000000165. The lowest BCUT2D eigenvalue weighted by Gasteiger charge is -2.42. The third-order valence-corrected chi connectivity index (χ3v) is 11.1. The van der Waals surface area contributed by atoms with Crippen molar-refractivity contribution in [1.29, 1.82) is 0 Å². The van der Waals surface area contributed by atoms with E-state index in [2.05, 4.69) is 21.9 Å². The molecule has 0 radical (unpaired) electrons. The molecule has 1 N–H and O–H groups in total. The minimum Gasteiger partial charge on any atom is -0.504 e. The van der Waals surface area contributed by atoms with Crippen LogP contribution in [-0.2, 0) is 38.8 Å². The van der Waals surface area contributed by atoms with Gasteiger partial charge in [-0.05, 0) is 95.5 Å². The van der Waals surface area contributed by atoms with E-state index < -0.39 is 6.61 Å². The minimum absolute atomic E-state index is 0.0798. The molecular formula is C41H46F2N2O8. The van der Waals surface area contributed by atoms with Gasteiger partial charge in [-0.2, -0.15) is 8.78 Å². The molecule has 0 aliphatic carbocycles. The van der Waals surface area contributed by atoms with Crippen LogP contribution >= 0.6 is 0 Å². The number of aromatic hydroxyl groups is 1. The summed E-state index contributed by atoms with van der Waals surface area (Å²) in [5.74, 6) is 4.28. The first-order chi connectivity index (χ1) is 25.7. The zero-order valence-corrected chi connectivity index (χ0v) is 31.0. The van der Waals surface area contributed by atoms with Crippen molar-refractivity contribution in [1.82, 2.24) is 9.80 Å². The lowest BCUT2D eigenvalue weighted by Crippen LogP contribution is -2.39. The molecule has 0 amide bonds. The Morgan fingerprint density at radius 3 is 1.49 bits per heavy atom. The van der Waals surface area contributed by atoms with Gasteiger partial charge in [0.1, 0.15) is 0 Å². The van der Waals surface area contributed by atoms with E-state index in [4.69, 9.17) is 33.2 Å². The van der Waals surface area contributed by atoms with Gasteiger partial charge in [-0.1, -0.05) is 12.1 Å². The van der Waals surface area contributed by atoms with Gasteiger partial charge in [0, 0.05) is 49.4 Å². The molecule has 0 saturated heterocycles. The highest BCUT2D eigenvalue weighted by atomic mass is 19.3. The first-order valence-electron chi connectivity index (χ1n) is 17.7. The Labute approximate surface area is 308 Å². The van der Waals surface area contributed by atoms with Crippen LogP contribution in [0.4, 0.5) is 8.78 Å². The van der Waals surface area contributed by atoms with E-state index in [1.165, 1.54) is 34.9 Å². The summed E-state index contributed by atoms with van der Waals surface area (Å²) < 4.78 is 63.0. The predicted molar refractivity (Wildman–Crippen MR) is 194 cm³/mol. The quantitative estimate of drug-likeness (QED) is 0.204. The molecule has 0 saturated carbocycles. The van der Waals surface area contributed by atoms with Crippen LogP contribution in [0.25, 0.3) is 0 Å². The molecule has 53 heavy (non-hydrogen) atoms. The molecule has 2 atom stereocenters. The number of phenols is 1. The van der Waals surface area contributed by atoms with Crippen molar-refractivity contribution in [3.8, 4) is 46.0 Å². The van der Waals surface area contributed by atoms with Crippen LogP contribution in [0.5, 0.6) is 46.0 Å². The molecule has 0 bridgehead atoms. The summed E-state index contributed by atoms with van der Waals surface area (Å²) in [5, 5.41) is 10.2. The molecule has 4 aromatic carbocycles. The first-order valence-corrected chi connectivity index (χ1v) is 17.7. The average molecular weight is 733 g/mol. The first kappa shape index (κ1) is 36.4. The normalized spacial score (nSPS) is 18.4. The van der Waals surface area contributed by atoms with Crippen molar-refractivity contribution in [2.45, 2.75) is 57.5 Å². The predicted octanol–water partition coefficient (Wildman–Crippen LogP) is 7.04. The number of nitrogens with zero attached hydrogens (tertiary/aromatic N) is 2. The Morgan fingerprint density at radius 2 is 1.04 bits per heavy atom. The van der Waals surface area contributed by atoms with Gasteiger partial charge in [0.15, 0.2) is 46.0 Å². The second kappa shape index (κ2) is 15.2. The molecule has 4 aliphatic rings. The lowest BCUT2D eigenvalue weighted by atomic mass is 9.83. The Morgan fingerprint density at radius 1 is 0.566 bits per heavy atom. The number of halogens is 2. The van der Waals surface area contributed by atoms with Crippen molar-refractivity contribution < 1.29 is 47.0 Å². The summed E-state index contributed by atoms with van der Waals surface area (Å²) in [7, 11) is 9.70. The topological polar surface area (TPSA) is 91.3 Å². The molecule has 0 fully saturated rings. The largest absolute Gasteiger partial charge is 0.504 e. The molecular weight excluding hydrogens is 686 g/mol. The fourth-order valence-electron chi connectivity index (χ4n) is 8.51. The van der Waals surface area contributed by atoms with Crippen molar-refractivity contribution in [2.75, 3.05) is 55.7 Å². The minimum atomic E-state index is -2.89. The van der Waals surface area contributed by atoms with E-state index in [0.29, 0.717) is 11.5 Å². The molecule has 4 heterocycles. The fraction of sp³-hybridized carbons (Fsp3) is 0.415. The molecule has 0 aromatic heterocycles. The van der Waals surface area contributed by atoms with E-state index in [9.17, 15) is 13.9 Å². The molecule has 8 rings (SSSR count). The molecule has 0 unspecified atom stereocenters. The Hall–Kier alpha value is -4.94. The van der Waals surface area contributed by atoms with Gasteiger partial charge < -0.3 is 38.3 Å². The van der Waals surface area contributed by atoms with E-state index in [1.54, 1.807) is 41.6 Å². The summed E-state index contributed by atoms with van der Waals surface area (Å²) in [6.07, 6.45) is 3.43. The number of rotatable bonds is 8. The van der Waals surface area contributed by atoms with Crippen molar-refractivity contribution in [3.05, 3.63) is 93.0 Å². The molecule has 0 spiro atoms. The van der Waals surface area contributed by atoms with Crippen LogP contribution in [0.2, 0.25) is 0 Å². The monoisotopic (exact) mass is 732 g/mol. The fourth-order valence-corrected chi connectivity index (χ4v) is 8.51. The van der Waals surface area contributed by atoms with Crippen LogP contribution in [-0.4, -0.2) is 77.3 Å². The summed E-state index contributed by atoms with van der Waals surface area (Å²) in [5.41, 5.74) is 9.39. The molecule has 12 heteroatoms. The standard InChI is InChI=1S/C21H23F2NO4.C20H23NO4/c1-25-17-5-4-12-8-16-14-10-19(28-21(22)23)18(26-2)9-13(14)6-7-24(16)11-15(12)20(17)27-3;1-23-18-5-4-12-8-16-14-10-17(22)19(24-2)9-13(14)6-7-21(16)11-15(12)20(18)25-3/h4-5,9-10,16,21H,6-8,11H2,1-3H3;4-5,9-10,16,22H,6-8,11H2,1-3H3/t2*16-/m00/s1. The van der Waals surface area contributed by atoms with Gasteiger partial charge in [-0.25, -0.2) is 0 Å². The van der Waals surface area contributed by atoms with Crippen LogP contribution in [0, 0.1) is 0 Å². The van der Waals surface area contributed by atoms with E-state index in [0.717, 1.165) is 91.6 Å². The highest BCUT2D eigenvalue weighted by Crippen LogP contribution is 2.47. The van der Waals surface area contributed by atoms with Gasteiger partial charge in [0.25, 0.3) is 0 Å². The van der Waals surface area contributed by atoms with Gasteiger partial charge >= 0.3 is 6.61 Å². The second-order valence-electron chi connectivity index (χ2n) is 13.6. The third-order valence-electron chi connectivity index (χ3n) is 11.1. The van der Waals surface area contributed by atoms with E-state index in [-0.39, 0.29) is 23.6 Å². The van der Waals surface area contributed by atoms with Gasteiger partial charge in [-0.15, -0.1) is 0 Å². The lowest BCUT2D eigenvalue weighted by molar-refractivity contribution is -0.0513. The summed E-state index contributed by atoms with van der Waals surface area (Å²) in [6.45, 7) is 0.500. The number of hydrogen-bond acceptors (Lipinski definition) is 10. The zero-order chi connectivity index (χ0) is 37.4. The van der Waals surface area contributed by atoms with Crippen molar-refractivity contribution in [3.63, 3.8) is 0 Å². The third kappa shape index (κ3) is 6.74. The van der Waals surface area contributed by atoms with E-state index >= 15 is 0 Å². The van der Waals surface area contributed by atoms with Crippen molar-refractivity contribution in [2.24, 2.45) is 0 Å². The summed E-state index contributed by atoms with van der Waals surface area (Å²) >= 11 is 0. The van der Waals surface area contributed by atoms with Crippen molar-refractivity contribution >= 4 is 0 Å². The Kier molecular flexibility index (Phi) is 10.4. The maximum absolute atomic E-state index is 12.8. The maximum atomic E-state index is 12.8. The molecule has 4 aromatic rings. The molecule has 10 nitrogen and oxygen atoms in total. The number of ether oxygens (including phenoxy) is 7. The molecule has 282 valence electrons. The van der Waals surface area contributed by atoms with Crippen LogP contribution in [0.15, 0.2) is 48.5 Å². The SMILES string of the molecule is COc1cc2c(cc1O)[C@@H]1Cc3ccc(OC)c(OC)c3CN1CC2.COc1cc2c(cc1OC(F)F)[C@@H]1Cc3ccc(OC)c(OC)c3CN1CC2. The van der Waals surface area contributed by atoms with Gasteiger partial charge in [0.05, 0.1) is 42.7 Å². The van der Waals surface area contributed by atoms with E-state index in [1.807, 2.05) is 30.3 Å². The Bertz CT molecular complexity index is 1990. The highest BCUT2D eigenvalue weighted by molar-refractivity contribution is 5.56. The second-order valence-corrected chi connectivity index (χ2v) is 13.6. The van der Waals surface area contributed by atoms with Crippen LogP contribution in [0.1, 0.15) is 56.6 Å². The number of phenolic OH excluding ortho intramolecular Hbond substituents is 1. The van der Waals surface area contributed by atoms with Crippen LogP contribution < -0.4 is 33.2 Å². The molecule has 4 aliphatic heterocycles. The highest BCUT2D eigenvalue weighted by Gasteiger charge is 2.36. The number of fused-ring (bicyclic) bond motifs is 8. The maximum Gasteiger partial charge on any atom is 0.387 e. The summed E-state index contributed by atoms with van der Waals surface area (Å²) in [6, 6.07) is 15.8. The van der Waals surface area contributed by atoms with Gasteiger partial charge in [-0.3, -0.25) is 9.80 Å². The zero-order valence-electron chi connectivity index (χ0n) is 31.0. The van der Waals surface area contributed by atoms with Gasteiger partial charge in [0.2, 0.25) is 0 Å². The number of benzene rings is 4. The number of methoxy groups -OCH3 is 6. The summed E-state index contributed by atoms with van der Waals surface area (Å²) in [4.78, 5) is 4.81. The number of alkyl halides is 2. The number of hydrogen-bond donors (Lipinski definition) is 1. The smallest absolute Gasteiger partial charge is 0.387 e. The average Bonchev–Trinajstić information content (AvgIpc) is 3.17.